The molecule has 1 aromatic heterocycles. The summed E-state index contributed by atoms with van der Waals surface area (Å²) in [7, 11) is 0. The van der Waals surface area contributed by atoms with Gasteiger partial charge >= 0.3 is 0 Å². The van der Waals surface area contributed by atoms with E-state index >= 15 is 0 Å². The van der Waals surface area contributed by atoms with Crippen molar-refractivity contribution in [3.05, 3.63) is 60.7 Å². The molecule has 0 atom stereocenters. The molecule has 0 bridgehead atoms. The summed E-state index contributed by atoms with van der Waals surface area (Å²) in [5.74, 6) is 0. The van der Waals surface area contributed by atoms with Crippen LogP contribution in [0.25, 0.3) is 32.7 Å². The van der Waals surface area contributed by atoms with Gasteiger partial charge in [0.1, 0.15) is 11.2 Å². The molecule has 1 nitrogen and oxygen atoms in total. The molecule has 0 aliphatic carbocycles. The highest BCUT2D eigenvalue weighted by atomic mass is 16.3. The zero-order valence-corrected chi connectivity index (χ0v) is 11.2. The Labute approximate surface area is 112 Å². The molecule has 1 heterocycles. The molecule has 0 aliphatic rings. The summed E-state index contributed by atoms with van der Waals surface area (Å²) in [6, 6.07) is 20.9. The zero-order chi connectivity index (χ0) is 13.2. The van der Waals surface area contributed by atoms with Crippen LogP contribution in [0, 0.1) is 0 Å². The molecule has 0 unspecified atom stereocenters. The van der Waals surface area contributed by atoms with Gasteiger partial charge in [-0.1, -0.05) is 56.3 Å². The van der Waals surface area contributed by atoms with E-state index in [1.54, 1.807) is 0 Å². The highest BCUT2D eigenvalue weighted by Gasteiger charge is 2.06. The van der Waals surface area contributed by atoms with Crippen LogP contribution in [-0.2, 0) is 0 Å². The number of hydrogen-bond acceptors (Lipinski definition) is 1. The quantitative estimate of drug-likeness (QED) is 0.385. The van der Waals surface area contributed by atoms with Crippen LogP contribution in [0.4, 0.5) is 0 Å². The predicted octanol–water partition coefficient (Wildman–Crippen LogP) is 5.77. The Hall–Kier alpha value is -2.28. The monoisotopic (exact) mass is 248 g/mol. The summed E-state index contributed by atoms with van der Waals surface area (Å²) in [4.78, 5) is 0. The fourth-order valence-corrected chi connectivity index (χ4v) is 2.41. The first-order chi connectivity index (χ1) is 9.42. The van der Waals surface area contributed by atoms with Crippen molar-refractivity contribution in [2.75, 3.05) is 0 Å². The van der Waals surface area contributed by atoms with Crippen molar-refractivity contribution >= 4 is 32.7 Å². The number of hydrogen-bond donors (Lipinski definition) is 0. The standard InChI is InChI=1S/C16H10O.C2H6/c1-2-6-12-10-16-14(9-11(12)5-1)13-7-3-4-8-15(13)17-16;1-2/h1-10H;1-2H3. The lowest BCUT2D eigenvalue weighted by atomic mass is 10.1. The molecular formula is C18H16O. The molecule has 0 saturated heterocycles. The lowest BCUT2D eigenvalue weighted by Crippen LogP contribution is -1.71. The lowest BCUT2D eigenvalue weighted by Gasteiger charge is -1.96. The Morgan fingerprint density at radius 2 is 1.26 bits per heavy atom. The van der Waals surface area contributed by atoms with Gasteiger partial charge in [0.2, 0.25) is 0 Å². The van der Waals surface area contributed by atoms with E-state index in [1.165, 1.54) is 21.5 Å². The van der Waals surface area contributed by atoms with Crippen LogP contribution in [0.2, 0.25) is 0 Å². The van der Waals surface area contributed by atoms with E-state index in [9.17, 15) is 0 Å². The number of furan rings is 1. The largest absolute Gasteiger partial charge is 0.456 e. The van der Waals surface area contributed by atoms with E-state index in [0.717, 1.165) is 11.2 Å². The molecule has 0 amide bonds. The van der Waals surface area contributed by atoms with Crippen molar-refractivity contribution < 1.29 is 4.42 Å². The van der Waals surface area contributed by atoms with Gasteiger partial charge < -0.3 is 4.42 Å². The molecule has 0 radical (unpaired) electrons. The normalized spacial score (nSPS) is 10.6. The van der Waals surface area contributed by atoms with Crippen molar-refractivity contribution in [3.8, 4) is 0 Å². The minimum atomic E-state index is 0.956. The van der Waals surface area contributed by atoms with E-state index in [4.69, 9.17) is 4.42 Å². The van der Waals surface area contributed by atoms with E-state index in [2.05, 4.69) is 42.5 Å². The Bertz CT molecular complexity index is 834. The fourth-order valence-electron chi connectivity index (χ4n) is 2.41. The lowest BCUT2D eigenvalue weighted by molar-refractivity contribution is 0.669. The smallest absolute Gasteiger partial charge is 0.136 e. The van der Waals surface area contributed by atoms with E-state index in [-0.39, 0.29) is 0 Å². The van der Waals surface area contributed by atoms with Gasteiger partial charge in [-0.25, -0.2) is 0 Å². The van der Waals surface area contributed by atoms with Crippen LogP contribution in [0.3, 0.4) is 0 Å². The van der Waals surface area contributed by atoms with Crippen molar-refractivity contribution in [2.45, 2.75) is 13.8 Å². The fraction of sp³-hybridized carbons (Fsp3) is 0.111. The van der Waals surface area contributed by atoms with Gasteiger partial charge in [-0.05, 0) is 29.0 Å². The maximum Gasteiger partial charge on any atom is 0.136 e. The number of rotatable bonds is 0. The van der Waals surface area contributed by atoms with Gasteiger partial charge in [0.15, 0.2) is 0 Å². The number of fused-ring (bicyclic) bond motifs is 4. The molecule has 4 aromatic rings. The van der Waals surface area contributed by atoms with E-state index < -0.39 is 0 Å². The molecule has 0 aliphatic heterocycles. The zero-order valence-electron chi connectivity index (χ0n) is 11.2. The number of para-hydroxylation sites is 1. The summed E-state index contributed by atoms with van der Waals surface area (Å²) in [6.45, 7) is 4.00. The molecule has 0 fully saturated rings. The summed E-state index contributed by atoms with van der Waals surface area (Å²) in [6.07, 6.45) is 0. The molecule has 3 aromatic carbocycles. The van der Waals surface area contributed by atoms with Gasteiger partial charge in [-0.2, -0.15) is 0 Å². The second-order valence-corrected chi connectivity index (χ2v) is 4.29. The highest BCUT2D eigenvalue weighted by Crippen LogP contribution is 2.31. The SMILES string of the molecule is CC.c1ccc2cc3c(cc2c1)oc1ccccc13. The number of benzene rings is 3. The Morgan fingerprint density at radius 3 is 2.05 bits per heavy atom. The maximum atomic E-state index is 5.86. The minimum absolute atomic E-state index is 0.956. The first kappa shape index (κ1) is 11.8. The van der Waals surface area contributed by atoms with Gasteiger partial charge in [0.05, 0.1) is 0 Å². The molecule has 4 rings (SSSR count). The molecular weight excluding hydrogens is 232 g/mol. The van der Waals surface area contributed by atoms with E-state index in [0.29, 0.717) is 0 Å². The van der Waals surface area contributed by atoms with Crippen molar-refractivity contribution in [1.82, 2.24) is 0 Å². The molecule has 1 heteroatoms. The van der Waals surface area contributed by atoms with Crippen LogP contribution < -0.4 is 0 Å². The maximum absolute atomic E-state index is 5.86. The van der Waals surface area contributed by atoms with E-state index in [1.807, 2.05) is 32.0 Å². The third-order valence-corrected chi connectivity index (χ3v) is 3.25. The van der Waals surface area contributed by atoms with Gasteiger partial charge in [-0.15, -0.1) is 0 Å². The molecule has 0 spiro atoms. The predicted molar refractivity (Wildman–Crippen MR) is 82.6 cm³/mol. The van der Waals surface area contributed by atoms with Crippen molar-refractivity contribution in [2.24, 2.45) is 0 Å². The molecule has 94 valence electrons. The highest BCUT2D eigenvalue weighted by molar-refractivity contribution is 6.09. The summed E-state index contributed by atoms with van der Waals surface area (Å²) >= 11 is 0. The first-order valence-electron chi connectivity index (χ1n) is 6.72. The Balaban J connectivity index is 0.000000528. The second kappa shape index (κ2) is 4.77. The second-order valence-electron chi connectivity index (χ2n) is 4.29. The third kappa shape index (κ3) is 1.88. The Morgan fingerprint density at radius 1 is 0.632 bits per heavy atom. The first-order valence-corrected chi connectivity index (χ1v) is 6.72. The van der Waals surface area contributed by atoms with Crippen molar-refractivity contribution in [1.29, 1.82) is 0 Å². The molecule has 0 saturated carbocycles. The van der Waals surface area contributed by atoms with Gasteiger partial charge in [-0.3, -0.25) is 0 Å². The summed E-state index contributed by atoms with van der Waals surface area (Å²) < 4.78 is 5.86. The topological polar surface area (TPSA) is 13.1 Å². The minimum Gasteiger partial charge on any atom is -0.456 e. The van der Waals surface area contributed by atoms with Crippen LogP contribution in [0.15, 0.2) is 65.1 Å². The van der Waals surface area contributed by atoms with Crippen molar-refractivity contribution in [3.63, 3.8) is 0 Å². The third-order valence-electron chi connectivity index (χ3n) is 3.25. The van der Waals surface area contributed by atoms with Gasteiger partial charge in [0, 0.05) is 10.8 Å². The average Bonchev–Trinajstić information content (AvgIpc) is 2.84. The summed E-state index contributed by atoms with van der Waals surface area (Å²) in [5.41, 5.74) is 1.92. The summed E-state index contributed by atoms with van der Waals surface area (Å²) in [5, 5.41) is 4.86. The van der Waals surface area contributed by atoms with Crippen LogP contribution in [0.5, 0.6) is 0 Å². The van der Waals surface area contributed by atoms with Crippen LogP contribution in [0.1, 0.15) is 13.8 Å². The molecule has 19 heavy (non-hydrogen) atoms. The average molecular weight is 248 g/mol. The van der Waals surface area contributed by atoms with Gasteiger partial charge in [0.25, 0.3) is 0 Å². The van der Waals surface area contributed by atoms with Crippen LogP contribution >= 0.6 is 0 Å². The molecule has 0 N–H and O–H groups in total. The Kier molecular flexibility index (Phi) is 2.96. The van der Waals surface area contributed by atoms with Crippen LogP contribution in [-0.4, -0.2) is 0 Å².